The van der Waals surface area contributed by atoms with E-state index in [0.29, 0.717) is 5.92 Å². The normalized spacial score (nSPS) is 25.9. The lowest BCUT2D eigenvalue weighted by Gasteiger charge is -2.43. The van der Waals surface area contributed by atoms with Crippen molar-refractivity contribution in [2.24, 2.45) is 5.92 Å². The number of anilines is 1. The highest BCUT2D eigenvalue weighted by molar-refractivity contribution is 9.10. The molecule has 0 unspecified atom stereocenters. The largest absolute Gasteiger partial charge is 0.497 e. The molecule has 23 heavy (non-hydrogen) atoms. The third kappa shape index (κ3) is 2.74. The summed E-state index contributed by atoms with van der Waals surface area (Å²) in [6.45, 7) is 0.850. The van der Waals surface area contributed by atoms with Crippen LogP contribution in [0.1, 0.15) is 36.1 Å². The van der Waals surface area contributed by atoms with Gasteiger partial charge in [0.1, 0.15) is 5.75 Å². The fourth-order valence-electron chi connectivity index (χ4n) is 3.78. The molecule has 0 aromatic heterocycles. The second kappa shape index (κ2) is 6.17. The number of fused-ring (bicyclic) bond motifs is 3. The molecule has 1 saturated heterocycles. The van der Waals surface area contributed by atoms with Crippen LogP contribution in [0.5, 0.6) is 5.75 Å². The van der Waals surface area contributed by atoms with Gasteiger partial charge in [-0.05, 0) is 48.7 Å². The Bertz CT molecular complexity index is 701. The molecule has 0 amide bonds. The van der Waals surface area contributed by atoms with E-state index in [4.69, 9.17) is 9.47 Å². The molecule has 0 saturated carbocycles. The monoisotopic (exact) mass is 373 g/mol. The van der Waals surface area contributed by atoms with E-state index in [1.54, 1.807) is 7.11 Å². The van der Waals surface area contributed by atoms with E-state index in [9.17, 15) is 0 Å². The van der Waals surface area contributed by atoms with Crippen molar-refractivity contribution in [3.63, 3.8) is 0 Å². The van der Waals surface area contributed by atoms with Crippen LogP contribution in [0.4, 0.5) is 5.69 Å². The molecule has 1 fully saturated rings. The Hall–Kier alpha value is -1.52. The smallest absolute Gasteiger partial charge is 0.118 e. The van der Waals surface area contributed by atoms with Crippen molar-refractivity contribution in [3.8, 4) is 5.75 Å². The summed E-state index contributed by atoms with van der Waals surface area (Å²) in [6.07, 6.45) is 2.48. The van der Waals surface area contributed by atoms with Gasteiger partial charge in [-0.15, -0.1) is 0 Å². The summed E-state index contributed by atoms with van der Waals surface area (Å²) >= 11 is 3.59. The molecular weight excluding hydrogens is 354 g/mol. The van der Waals surface area contributed by atoms with Gasteiger partial charge in [0, 0.05) is 28.2 Å². The molecule has 0 spiro atoms. The fourth-order valence-corrected chi connectivity index (χ4v) is 4.16. The molecule has 2 aliphatic heterocycles. The van der Waals surface area contributed by atoms with Gasteiger partial charge in [0.15, 0.2) is 0 Å². The molecule has 4 rings (SSSR count). The number of benzene rings is 2. The van der Waals surface area contributed by atoms with Crippen molar-refractivity contribution < 1.29 is 9.47 Å². The second-order valence-electron chi connectivity index (χ2n) is 6.22. The third-order valence-electron chi connectivity index (χ3n) is 4.90. The van der Waals surface area contributed by atoms with Gasteiger partial charge in [0.05, 0.1) is 19.3 Å². The molecule has 2 heterocycles. The number of hydrogen-bond acceptors (Lipinski definition) is 3. The first kappa shape index (κ1) is 15.0. The standard InChI is InChI=1S/C19H20BrNO2/c1-22-14-7-4-12(5-8-14)18-15-3-2-10-23-19(15)16-11-13(20)6-9-17(16)21-18/h4-9,11,15,18-19,21H,2-3,10H2,1H3/t15-,18+,19-/m0/s1. The Labute approximate surface area is 145 Å². The number of rotatable bonds is 2. The molecule has 1 N–H and O–H groups in total. The fraction of sp³-hybridized carbons (Fsp3) is 0.368. The summed E-state index contributed by atoms with van der Waals surface area (Å²) in [7, 11) is 1.70. The lowest BCUT2D eigenvalue weighted by molar-refractivity contribution is -0.0381. The van der Waals surface area contributed by atoms with E-state index < -0.39 is 0 Å². The van der Waals surface area contributed by atoms with Crippen LogP contribution in [0.3, 0.4) is 0 Å². The zero-order valence-electron chi connectivity index (χ0n) is 13.1. The molecule has 0 aliphatic carbocycles. The molecular formula is C19H20BrNO2. The summed E-state index contributed by atoms with van der Waals surface area (Å²) in [4.78, 5) is 0. The average Bonchev–Trinajstić information content (AvgIpc) is 2.61. The van der Waals surface area contributed by atoms with Crippen LogP contribution in [0.2, 0.25) is 0 Å². The maximum absolute atomic E-state index is 6.17. The van der Waals surface area contributed by atoms with Crippen LogP contribution in [0, 0.1) is 5.92 Å². The second-order valence-corrected chi connectivity index (χ2v) is 7.14. The molecule has 0 bridgehead atoms. The first-order valence-corrected chi connectivity index (χ1v) is 8.87. The molecule has 2 aliphatic rings. The lowest BCUT2D eigenvalue weighted by Crippen LogP contribution is -2.35. The highest BCUT2D eigenvalue weighted by Gasteiger charge is 2.39. The Balaban J connectivity index is 1.73. The average molecular weight is 374 g/mol. The highest BCUT2D eigenvalue weighted by atomic mass is 79.9. The van der Waals surface area contributed by atoms with Gasteiger partial charge in [-0.1, -0.05) is 28.1 Å². The Morgan fingerprint density at radius 1 is 1.17 bits per heavy atom. The van der Waals surface area contributed by atoms with Crippen LogP contribution in [-0.2, 0) is 4.74 Å². The summed E-state index contributed by atoms with van der Waals surface area (Å²) in [5.41, 5.74) is 3.74. The quantitative estimate of drug-likeness (QED) is 0.794. The minimum atomic E-state index is 0.171. The minimum Gasteiger partial charge on any atom is -0.497 e. The Morgan fingerprint density at radius 2 is 2.00 bits per heavy atom. The predicted octanol–water partition coefficient (Wildman–Crippen LogP) is 5.09. The zero-order valence-corrected chi connectivity index (χ0v) is 14.7. The van der Waals surface area contributed by atoms with Gasteiger partial charge in [0.2, 0.25) is 0 Å². The first-order chi connectivity index (χ1) is 11.3. The summed E-state index contributed by atoms with van der Waals surface area (Å²) in [5.74, 6) is 1.35. The Morgan fingerprint density at radius 3 is 2.78 bits per heavy atom. The molecule has 4 heteroatoms. The molecule has 2 aromatic carbocycles. The maximum Gasteiger partial charge on any atom is 0.118 e. The summed E-state index contributed by atoms with van der Waals surface area (Å²) in [6, 6.07) is 15.1. The van der Waals surface area contributed by atoms with Crippen LogP contribution in [0.25, 0.3) is 0 Å². The first-order valence-electron chi connectivity index (χ1n) is 8.08. The summed E-state index contributed by atoms with van der Waals surface area (Å²) in [5, 5.41) is 3.74. The van der Waals surface area contributed by atoms with Gasteiger partial charge in [-0.2, -0.15) is 0 Å². The maximum atomic E-state index is 6.17. The Kier molecular flexibility index (Phi) is 4.04. The lowest BCUT2D eigenvalue weighted by atomic mass is 9.77. The van der Waals surface area contributed by atoms with Gasteiger partial charge in [-0.3, -0.25) is 0 Å². The SMILES string of the molecule is COc1ccc([C@H]2Nc3ccc(Br)cc3[C@H]3OCCC[C@@H]23)cc1. The van der Waals surface area contributed by atoms with E-state index >= 15 is 0 Å². The third-order valence-corrected chi connectivity index (χ3v) is 5.40. The van der Waals surface area contributed by atoms with E-state index in [1.165, 1.54) is 23.2 Å². The van der Waals surface area contributed by atoms with Crippen molar-refractivity contribution in [2.75, 3.05) is 19.0 Å². The van der Waals surface area contributed by atoms with Gasteiger partial charge >= 0.3 is 0 Å². The van der Waals surface area contributed by atoms with Gasteiger partial charge in [-0.25, -0.2) is 0 Å². The number of methoxy groups -OCH3 is 1. The van der Waals surface area contributed by atoms with E-state index in [1.807, 2.05) is 12.1 Å². The van der Waals surface area contributed by atoms with Crippen molar-refractivity contribution >= 4 is 21.6 Å². The van der Waals surface area contributed by atoms with Crippen molar-refractivity contribution in [2.45, 2.75) is 25.0 Å². The number of hydrogen-bond donors (Lipinski definition) is 1. The highest BCUT2D eigenvalue weighted by Crippen LogP contribution is 2.49. The zero-order chi connectivity index (χ0) is 15.8. The van der Waals surface area contributed by atoms with Crippen LogP contribution in [-0.4, -0.2) is 13.7 Å². The molecule has 2 aromatic rings. The number of halogens is 1. The number of ether oxygens (including phenoxy) is 2. The minimum absolute atomic E-state index is 0.171. The van der Waals surface area contributed by atoms with Crippen molar-refractivity contribution in [3.05, 3.63) is 58.1 Å². The van der Waals surface area contributed by atoms with E-state index in [2.05, 4.69) is 51.6 Å². The van der Waals surface area contributed by atoms with Crippen LogP contribution < -0.4 is 10.1 Å². The number of nitrogens with one attached hydrogen (secondary N) is 1. The molecule has 120 valence electrons. The van der Waals surface area contributed by atoms with E-state index in [0.717, 1.165) is 23.2 Å². The van der Waals surface area contributed by atoms with Crippen LogP contribution >= 0.6 is 15.9 Å². The topological polar surface area (TPSA) is 30.5 Å². The van der Waals surface area contributed by atoms with Gasteiger partial charge < -0.3 is 14.8 Å². The summed E-state index contributed by atoms with van der Waals surface area (Å²) < 4.78 is 12.6. The molecule has 3 nitrogen and oxygen atoms in total. The predicted molar refractivity (Wildman–Crippen MR) is 94.9 cm³/mol. The van der Waals surface area contributed by atoms with E-state index in [-0.39, 0.29) is 12.1 Å². The van der Waals surface area contributed by atoms with Crippen LogP contribution in [0.15, 0.2) is 46.9 Å². The van der Waals surface area contributed by atoms with Crippen molar-refractivity contribution in [1.29, 1.82) is 0 Å². The molecule has 3 atom stereocenters. The van der Waals surface area contributed by atoms with Gasteiger partial charge in [0.25, 0.3) is 0 Å². The van der Waals surface area contributed by atoms with Crippen molar-refractivity contribution in [1.82, 2.24) is 0 Å². The molecule has 0 radical (unpaired) electrons.